The highest BCUT2D eigenvalue weighted by atomic mass is 16.6. The van der Waals surface area contributed by atoms with Crippen molar-refractivity contribution in [2.24, 2.45) is 0 Å². The maximum absolute atomic E-state index is 13.1. The fourth-order valence-corrected chi connectivity index (χ4v) is 3.34. The summed E-state index contributed by atoms with van der Waals surface area (Å²) in [5.74, 6) is 0.233. The number of benzene rings is 1. The molecule has 0 aliphatic carbocycles. The second-order valence-electron chi connectivity index (χ2n) is 7.63. The number of nitrogens with zero attached hydrogens (tertiary/aromatic N) is 3. The van der Waals surface area contributed by atoms with E-state index in [2.05, 4.69) is 9.97 Å². The zero-order valence-electron chi connectivity index (χ0n) is 16.6. The number of phenolic OH excluding ortho intramolecular Hbond substituents is 1. The predicted molar refractivity (Wildman–Crippen MR) is 110 cm³/mol. The molecule has 0 spiro atoms. The molecule has 0 radical (unpaired) electrons. The van der Waals surface area contributed by atoms with Gasteiger partial charge in [0.25, 0.3) is 0 Å². The highest BCUT2D eigenvalue weighted by molar-refractivity contribution is 6.17. The fraction of sp³-hybridized carbons (Fsp3) is 0.227. The molecule has 3 heterocycles. The van der Waals surface area contributed by atoms with Crippen LogP contribution in [0.3, 0.4) is 0 Å². The monoisotopic (exact) mass is 391 g/mol. The molecule has 0 saturated carbocycles. The van der Waals surface area contributed by atoms with Crippen molar-refractivity contribution >= 4 is 27.9 Å². The number of phenols is 1. The van der Waals surface area contributed by atoms with Gasteiger partial charge in [-0.25, -0.2) is 9.36 Å². The van der Waals surface area contributed by atoms with Gasteiger partial charge in [0.15, 0.2) is 11.5 Å². The van der Waals surface area contributed by atoms with E-state index in [0.717, 1.165) is 5.39 Å². The van der Waals surface area contributed by atoms with Gasteiger partial charge in [0.2, 0.25) is 0 Å². The highest BCUT2D eigenvalue weighted by Gasteiger charge is 2.25. The molecule has 1 N–H and O–H groups in total. The summed E-state index contributed by atoms with van der Waals surface area (Å²) in [6, 6.07) is 10.5. The Morgan fingerprint density at radius 1 is 1.07 bits per heavy atom. The minimum Gasteiger partial charge on any atom is -0.504 e. The molecule has 4 rings (SSSR count). The summed E-state index contributed by atoms with van der Waals surface area (Å²) in [6.45, 7) is 5.42. The van der Waals surface area contributed by atoms with Crippen molar-refractivity contribution in [2.45, 2.75) is 26.4 Å². The van der Waals surface area contributed by atoms with Crippen LogP contribution >= 0.6 is 0 Å². The van der Waals surface area contributed by atoms with Crippen molar-refractivity contribution in [2.75, 3.05) is 7.11 Å². The van der Waals surface area contributed by atoms with Crippen molar-refractivity contribution in [3.05, 3.63) is 48.8 Å². The van der Waals surface area contributed by atoms with Crippen LogP contribution in [0.1, 0.15) is 20.8 Å². The van der Waals surface area contributed by atoms with E-state index in [1.165, 1.54) is 17.7 Å². The summed E-state index contributed by atoms with van der Waals surface area (Å²) in [5.41, 5.74) is 1.73. The van der Waals surface area contributed by atoms with E-state index < -0.39 is 11.7 Å². The number of methoxy groups -OCH3 is 1. The van der Waals surface area contributed by atoms with Gasteiger partial charge in [-0.1, -0.05) is 6.07 Å². The molecule has 0 aliphatic heterocycles. The highest BCUT2D eigenvalue weighted by Crippen LogP contribution is 2.40. The Balaban J connectivity index is 2.12. The number of hydrogen-bond donors (Lipinski definition) is 1. The lowest BCUT2D eigenvalue weighted by Crippen LogP contribution is -2.27. The van der Waals surface area contributed by atoms with Crippen molar-refractivity contribution in [1.82, 2.24) is 14.5 Å². The SMILES string of the molecule is COc1cc2c3c(-c4ccccn4)nccc3n(C(=O)OC(C)(C)C)c2cc1O. The first-order valence-electron chi connectivity index (χ1n) is 9.15. The minimum atomic E-state index is -0.675. The third kappa shape index (κ3) is 3.24. The number of pyridine rings is 2. The first-order valence-corrected chi connectivity index (χ1v) is 9.15. The molecule has 29 heavy (non-hydrogen) atoms. The van der Waals surface area contributed by atoms with Crippen molar-refractivity contribution in [3.8, 4) is 22.9 Å². The lowest BCUT2D eigenvalue weighted by Gasteiger charge is -2.20. The normalized spacial score (nSPS) is 11.7. The standard InChI is InChI=1S/C22H21N3O4/c1-22(2,3)29-21(27)25-15-8-10-24-20(14-7-5-6-9-23-14)19(15)13-11-18(28-4)17(26)12-16(13)25/h5-12,26H,1-4H3. The molecule has 7 nitrogen and oxygen atoms in total. The van der Waals surface area contributed by atoms with E-state index in [9.17, 15) is 9.90 Å². The Hall–Kier alpha value is -3.61. The Morgan fingerprint density at radius 3 is 2.52 bits per heavy atom. The number of aromatic nitrogens is 3. The van der Waals surface area contributed by atoms with Crippen LogP contribution in [0.4, 0.5) is 4.79 Å². The number of ether oxygens (including phenoxy) is 2. The van der Waals surface area contributed by atoms with Crippen LogP contribution in [0, 0.1) is 0 Å². The van der Waals surface area contributed by atoms with Gasteiger partial charge in [-0.05, 0) is 45.0 Å². The third-order valence-electron chi connectivity index (χ3n) is 4.46. The molecule has 0 saturated heterocycles. The quantitative estimate of drug-likeness (QED) is 0.531. The molecule has 4 aromatic rings. The molecule has 3 aromatic heterocycles. The average Bonchev–Trinajstić information content (AvgIpc) is 2.99. The number of fused-ring (bicyclic) bond motifs is 3. The molecule has 0 aliphatic rings. The van der Waals surface area contributed by atoms with Gasteiger partial charge in [-0.2, -0.15) is 0 Å². The predicted octanol–water partition coefficient (Wildman–Crippen LogP) is 4.75. The van der Waals surface area contributed by atoms with Gasteiger partial charge in [-0.3, -0.25) is 9.97 Å². The number of aromatic hydroxyl groups is 1. The van der Waals surface area contributed by atoms with Crippen LogP contribution in [0.5, 0.6) is 11.5 Å². The number of carbonyl (C=O) groups is 1. The van der Waals surface area contributed by atoms with E-state index in [-0.39, 0.29) is 5.75 Å². The molecule has 7 heteroatoms. The van der Waals surface area contributed by atoms with Crippen LogP contribution in [0.15, 0.2) is 48.8 Å². The molecular weight excluding hydrogens is 370 g/mol. The molecular formula is C22H21N3O4. The van der Waals surface area contributed by atoms with Gasteiger partial charge >= 0.3 is 6.09 Å². The summed E-state index contributed by atoms with van der Waals surface area (Å²) in [7, 11) is 1.48. The third-order valence-corrected chi connectivity index (χ3v) is 4.46. The Labute approximate surface area is 167 Å². The summed E-state index contributed by atoms with van der Waals surface area (Å²) in [4.78, 5) is 22.0. The molecule has 0 amide bonds. The fourth-order valence-electron chi connectivity index (χ4n) is 3.34. The first-order chi connectivity index (χ1) is 13.8. The molecule has 0 atom stereocenters. The van der Waals surface area contributed by atoms with Gasteiger partial charge in [0.05, 0.1) is 29.5 Å². The summed E-state index contributed by atoms with van der Waals surface area (Å²) < 4.78 is 12.3. The van der Waals surface area contributed by atoms with Crippen molar-refractivity contribution in [3.63, 3.8) is 0 Å². The van der Waals surface area contributed by atoms with Gasteiger partial charge in [0, 0.05) is 29.2 Å². The van der Waals surface area contributed by atoms with E-state index in [4.69, 9.17) is 9.47 Å². The lowest BCUT2D eigenvalue weighted by molar-refractivity contribution is 0.0551. The molecule has 0 bridgehead atoms. The minimum absolute atomic E-state index is 0.0695. The van der Waals surface area contributed by atoms with Crippen LogP contribution in [-0.4, -0.2) is 38.4 Å². The number of carbonyl (C=O) groups excluding carboxylic acids is 1. The van der Waals surface area contributed by atoms with E-state index >= 15 is 0 Å². The Morgan fingerprint density at radius 2 is 1.86 bits per heavy atom. The Bertz CT molecular complexity index is 1220. The first kappa shape index (κ1) is 18.7. The van der Waals surface area contributed by atoms with Crippen LogP contribution in [0.2, 0.25) is 0 Å². The van der Waals surface area contributed by atoms with Gasteiger partial charge in [0.1, 0.15) is 5.60 Å². The molecule has 1 aromatic carbocycles. The van der Waals surface area contributed by atoms with Crippen molar-refractivity contribution in [1.29, 1.82) is 0 Å². The zero-order chi connectivity index (χ0) is 20.8. The molecule has 0 unspecified atom stereocenters. The maximum Gasteiger partial charge on any atom is 0.419 e. The van der Waals surface area contributed by atoms with E-state index in [1.807, 2.05) is 18.2 Å². The number of rotatable bonds is 2. The van der Waals surface area contributed by atoms with E-state index in [0.29, 0.717) is 33.6 Å². The Kier molecular flexibility index (Phi) is 4.38. The molecule has 148 valence electrons. The van der Waals surface area contributed by atoms with Crippen LogP contribution in [-0.2, 0) is 4.74 Å². The summed E-state index contributed by atoms with van der Waals surface area (Å²) in [6.07, 6.45) is 2.78. The largest absolute Gasteiger partial charge is 0.504 e. The van der Waals surface area contributed by atoms with E-state index in [1.54, 1.807) is 45.3 Å². The second-order valence-corrected chi connectivity index (χ2v) is 7.63. The summed E-state index contributed by atoms with van der Waals surface area (Å²) >= 11 is 0. The smallest absolute Gasteiger partial charge is 0.419 e. The summed E-state index contributed by atoms with van der Waals surface area (Å²) in [5, 5.41) is 11.8. The van der Waals surface area contributed by atoms with Crippen molar-refractivity contribution < 1.29 is 19.4 Å². The van der Waals surface area contributed by atoms with Gasteiger partial charge < -0.3 is 14.6 Å². The van der Waals surface area contributed by atoms with Crippen LogP contribution in [0.25, 0.3) is 33.2 Å². The maximum atomic E-state index is 13.1. The topological polar surface area (TPSA) is 86.5 Å². The van der Waals surface area contributed by atoms with Gasteiger partial charge in [-0.15, -0.1) is 0 Å². The molecule has 0 fully saturated rings. The zero-order valence-corrected chi connectivity index (χ0v) is 16.6. The average molecular weight is 391 g/mol. The lowest BCUT2D eigenvalue weighted by atomic mass is 10.1. The van der Waals surface area contributed by atoms with Crippen LogP contribution < -0.4 is 4.74 Å². The second kappa shape index (κ2) is 6.77. The number of hydrogen-bond acceptors (Lipinski definition) is 6.